The van der Waals surface area contributed by atoms with Crippen LogP contribution in [0.5, 0.6) is 0 Å². The standard InChI is InChI=1S/C20H18N4O2S3/c1-13-4-6-14(7-5-13)16-11-21-18(26-16)9-8-17(25)22-19-23-24-20(29-19)28-12-15-3-2-10-27-15/h2-7,10-11H,8-9,12H2,1H3,(H,22,23,25). The normalized spacial score (nSPS) is 10.9. The number of amides is 1. The summed E-state index contributed by atoms with van der Waals surface area (Å²) < 4.78 is 6.60. The zero-order valence-electron chi connectivity index (χ0n) is 15.6. The summed E-state index contributed by atoms with van der Waals surface area (Å²) in [7, 11) is 0. The number of thioether (sulfide) groups is 1. The Bertz CT molecular complexity index is 1070. The molecule has 0 saturated heterocycles. The Kier molecular flexibility index (Phi) is 6.38. The Labute approximate surface area is 180 Å². The molecule has 6 nitrogen and oxygen atoms in total. The van der Waals surface area contributed by atoms with E-state index in [-0.39, 0.29) is 12.3 Å². The summed E-state index contributed by atoms with van der Waals surface area (Å²) >= 11 is 4.71. The van der Waals surface area contributed by atoms with E-state index in [1.54, 1.807) is 29.3 Å². The summed E-state index contributed by atoms with van der Waals surface area (Å²) in [6, 6.07) is 12.2. The Morgan fingerprint density at radius 3 is 2.86 bits per heavy atom. The average molecular weight is 443 g/mol. The SMILES string of the molecule is Cc1ccc(-c2cnc(CCC(=O)Nc3nnc(SCc4cccs4)s3)o2)cc1. The van der Waals surface area contributed by atoms with Gasteiger partial charge in [0.05, 0.1) is 6.20 Å². The van der Waals surface area contributed by atoms with Crippen LogP contribution in [-0.4, -0.2) is 21.1 Å². The van der Waals surface area contributed by atoms with Crippen LogP contribution in [0.2, 0.25) is 0 Å². The third kappa shape index (κ3) is 5.53. The molecule has 1 amide bonds. The largest absolute Gasteiger partial charge is 0.441 e. The second-order valence-corrected chi connectivity index (χ2v) is 9.51. The van der Waals surface area contributed by atoms with Crippen molar-refractivity contribution in [2.75, 3.05) is 5.32 Å². The second-order valence-electron chi connectivity index (χ2n) is 6.27. The Morgan fingerprint density at radius 2 is 2.07 bits per heavy atom. The van der Waals surface area contributed by atoms with E-state index in [0.29, 0.717) is 23.2 Å². The van der Waals surface area contributed by atoms with Crippen LogP contribution >= 0.6 is 34.4 Å². The molecule has 4 aromatic rings. The van der Waals surface area contributed by atoms with Crippen molar-refractivity contribution >= 4 is 45.5 Å². The number of hydrogen-bond acceptors (Lipinski definition) is 8. The summed E-state index contributed by atoms with van der Waals surface area (Å²) in [4.78, 5) is 17.8. The third-order valence-electron chi connectivity index (χ3n) is 4.03. The number of hydrogen-bond donors (Lipinski definition) is 1. The van der Waals surface area contributed by atoms with Crippen molar-refractivity contribution in [2.24, 2.45) is 0 Å². The lowest BCUT2D eigenvalue weighted by atomic mass is 10.1. The number of nitrogens with zero attached hydrogens (tertiary/aromatic N) is 3. The van der Waals surface area contributed by atoms with Crippen molar-refractivity contribution in [1.82, 2.24) is 15.2 Å². The van der Waals surface area contributed by atoms with Gasteiger partial charge in [-0.05, 0) is 18.4 Å². The van der Waals surface area contributed by atoms with E-state index < -0.39 is 0 Å². The van der Waals surface area contributed by atoms with Crippen LogP contribution in [0.15, 0.2) is 56.7 Å². The van der Waals surface area contributed by atoms with Gasteiger partial charge in [0.1, 0.15) is 0 Å². The van der Waals surface area contributed by atoms with Crippen LogP contribution in [0.3, 0.4) is 0 Å². The van der Waals surface area contributed by atoms with Crippen molar-refractivity contribution in [3.63, 3.8) is 0 Å². The number of anilines is 1. The average Bonchev–Trinajstić information content (AvgIpc) is 3.47. The molecule has 0 saturated carbocycles. The lowest BCUT2D eigenvalue weighted by molar-refractivity contribution is -0.116. The number of rotatable bonds is 8. The highest BCUT2D eigenvalue weighted by Crippen LogP contribution is 2.29. The number of oxazole rings is 1. The lowest BCUT2D eigenvalue weighted by Gasteiger charge is -1.99. The van der Waals surface area contributed by atoms with Gasteiger partial charge < -0.3 is 9.73 Å². The zero-order valence-corrected chi connectivity index (χ0v) is 18.1. The Hall–Kier alpha value is -2.49. The highest BCUT2D eigenvalue weighted by atomic mass is 32.2. The van der Waals surface area contributed by atoms with E-state index in [1.807, 2.05) is 37.3 Å². The van der Waals surface area contributed by atoms with Crippen LogP contribution < -0.4 is 5.32 Å². The first-order valence-corrected chi connectivity index (χ1v) is 11.6. The molecule has 1 N–H and O–H groups in total. The number of aryl methyl sites for hydroxylation is 2. The number of thiophene rings is 1. The summed E-state index contributed by atoms with van der Waals surface area (Å²) in [5, 5.41) is 13.5. The minimum atomic E-state index is -0.133. The molecule has 3 heterocycles. The molecule has 0 aliphatic heterocycles. The van der Waals surface area contributed by atoms with Gasteiger partial charge in [-0.1, -0.05) is 59.0 Å². The molecule has 0 spiro atoms. The smallest absolute Gasteiger partial charge is 0.226 e. The summed E-state index contributed by atoms with van der Waals surface area (Å²) in [6.45, 7) is 2.04. The molecule has 0 atom stereocenters. The third-order valence-corrected chi connectivity index (χ3v) is 7.11. The molecule has 0 aliphatic rings. The number of benzene rings is 1. The van der Waals surface area contributed by atoms with Gasteiger partial charge in [0.25, 0.3) is 0 Å². The molecule has 0 unspecified atom stereocenters. The highest BCUT2D eigenvalue weighted by Gasteiger charge is 2.12. The maximum absolute atomic E-state index is 12.2. The molecule has 4 rings (SSSR count). The van der Waals surface area contributed by atoms with Crippen molar-refractivity contribution < 1.29 is 9.21 Å². The van der Waals surface area contributed by atoms with Crippen molar-refractivity contribution in [1.29, 1.82) is 0 Å². The summed E-state index contributed by atoms with van der Waals surface area (Å²) in [6.07, 6.45) is 2.39. The molecule has 29 heavy (non-hydrogen) atoms. The molecule has 0 fully saturated rings. The first-order valence-electron chi connectivity index (χ1n) is 8.96. The molecule has 0 bridgehead atoms. The molecule has 1 aromatic carbocycles. The molecule has 9 heteroatoms. The van der Waals surface area contributed by atoms with Crippen molar-refractivity contribution in [2.45, 2.75) is 29.9 Å². The Morgan fingerprint density at radius 1 is 1.21 bits per heavy atom. The van der Waals surface area contributed by atoms with Crippen molar-refractivity contribution in [3.05, 3.63) is 64.3 Å². The van der Waals surface area contributed by atoms with E-state index in [2.05, 4.69) is 31.9 Å². The summed E-state index contributed by atoms with van der Waals surface area (Å²) in [5.74, 6) is 1.97. The number of nitrogens with one attached hydrogen (secondary N) is 1. The van der Waals surface area contributed by atoms with Gasteiger partial charge in [-0.3, -0.25) is 4.79 Å². The van der Waals surface area contributed by atoms with Gasteiger partial charge in [0.15, 0.2) is 16.0 Å². The molecule has 3 aromatic heterocycles. The monoisotopic (exact) mass is 442 g/mol. The van der Waals surface area contributed by atoms with Gasteiger partial charge in [-0.2, -0.15) is 0 Å². The van der Waals surface area contributed by atoms with Crippen LogP contribution in [0.4, 0.5) is 5.13 Å². The van der Waals surface area contributed by atoms with E-state index in [1.165, 1.54) is 21.8 Å². The summed E-state index contributed by atoms with van der Waals surface area (Å²) in [5.41, 5.74) is 2.16. The second kappa shape index (κ2) is 9.34. The first kappa shape index (κ1) is 19.8. The van der Waals surface area contributed by atoms with Gasteiger partial charge >= 0.3 is 0 Å². The van der Waals surface area contributed by atoms with E-state index in [4.69, 9.17) is 4.42 Å². The fourth-order valence-electron chi connectivity index (χ4n) is 2.53. The topological polar surface area (TPSA) is 80.9 Å². The molecule has 0 aliphatic carbocycles. The number of carbonyl (C=O) groups is 1. The van der Waals surface area contributed by atoms with E-state index >= 15 is 0 Å². The van der Waals surface area contributed by atoms with Crippen LogP contribution in [0.1, 0.15) is 22.8 Å². The van der Waals surface area contributed by atoms with Gasteiger partial charge in [-0.25, -0.2) is 4.98 Å². The molecular formula is C20H18N4O2S3. The highest BCUT2D eigenvalue weighted by molar-refractivity contribution is 8.00. The fourth-order valence-corrected chi connectivity index (χ4v) is 5.07. The number of aromatic nitrogens is 3. The maximum Gasteiger partial charge on any atom is 0.226 e. The van der Waals surface area contributed by atoms with Crippen LogP contribution in [0.25, 0.3) is 11.3 Å². The molecule has 148 valence electrons. The molecule has 0 radical (unpaired) electrons. The minimum absolute atomic E-state index is 0.133. The predicted octanol–water partition coefficient (Wildman–Crippen LogP) is 5.43. The predicted molar refractivity (Wildman–Crippen MR) is 117 cm³/mol. The maximum atomic E-state index is 12.2. The Balaban J connectivity index is 1.25. The molecular weight excluding hydrogens is 424 g/mol. The minimum Gasteiger partial charge on any atom is -0.441 e. The first-order chi connectivity index (χ1) is 14.2. The van der Waals surface area contributed by atoms with Gasteiger partial charge in [-0.15, -0.1) is 21.5 Å². The van der Waals surface area contributed by atoms with Crippen LogP contribution in [0, 0.1) is 6.92 Å². The zero-order chi connectivity index (χ0) is 20.1. The van der Waals surface area contributed by atoms with E-state index in [0.717, 1.165) is 15.7 Å². The van der Waals surface area contributed by atoms with Crippen LogP contribution in [-0.2, 0) is 17.0 Å². The lowest BCUT2D eigenvalue weighted by Crippen LogP contribution is -2.12. The quantitative estimate of drug-likeness (QED) is 0.290. The van der Waals surface area contributed by atoms with Gasteiger partial charge in [0.2, 0.25) is 11.0 Å². The van der Waals surface area contributed by atoms with Crippen molar-refractivity contribution in [3.8, 4) is 11.3 Å². The fraction of sp³-hybridized carbons (Fsp3) is 0.200. The number of carbonyl (C=O) groups excluding carboxylic acids is 1. The van der Waals surface area contributed by atoms with E-state index in [9.17, 15) is 4.79 Å². The van der Waals surface area contributed by atoms with Gasteiger partial charge in [0, 0.05) is 29.0 Å².